The molecule has 2 atom stereocenters. The molecule has 2 rings (SSSR count). The van der Waals surface area contributed by atoms with Crippen LogP contribution >= 0.6 is 34.5 Å². The van der Waals surface area contributed by atoms with E-state index in [4.69, 9.17) is 23.2 Å². The van der Waals surface area contributed by atoms with E-state index < -0.39 is 0 Å². The number of rotatable bonds is 2. The lowest BCUT2D eigenvalue weighted by Crippen LogP contribution is -2.38. The van der Waals surface area contributed by atoms with E-state index in [-0.39, 0.29) is 0 Å². The zero-order valence-corrected chi connectivity index (χ0v) is 11.9. The standard InChI is InChI=1S/C11H16Cl2N2S/c1-7-3-4-15(6-8(7)2)11-14-10(13)9(5-12)16-11/h7-8H,3-6H2,1-2H3. The van der Waals surface area contributed by atoms with Crippen LogP contribution in [0.5, 0.6) is 0 Å². The van der Waals surface area contributed by atoms with E-state index in [1.165, 1.54) is 6.42 Å². The summed E-state index contributed by atoms with van der Waals surface area (Å²) in [5.41, 5.74) is 0. The monoisotopic (exact) mass is 278 g/mol. The number of aromatic nitrogens is 1. The largest absolute Gasteiger partial charge is 0.348 e. The van der Waals surface area contributed by atoms with Crippen LogP contribution in [0, 0.1) is 11.8 Å². The van der Waals surface area contributed by atoms with Crippen LogP contribution in [0.2, 0.25) is 5.15 Å². The molecule has 0 saturated carbocycles. The van der Waals surface area contributed by atoms with Crippen molar-refractivity contribution < 1.29 is 0 Å². The van der Waals surface area contributed by atoms with Gasteiger partial charge in [0.2, 0.25) is 0 Å². The van der Waals surface area contributed by atoms with Crippen LogP contribution in [0.4, 0.5) is 5.13 Å². The topological polar surface area (TPSA) is 16.1 Å². The number of thiazole rings is 1. The van der Waals surface area contributed by atoms with Crippen molar-refractivity contribution in [2.75, 3.05) is 18.0 Å². The summed E-state index contributed by atoms with van der Waals surface area (Å²) in [5.74, 6) is 1.98. The Morgan fingerprint density at radius 1 is 1.44 bits per heavy atom. The summed E-state index contributed by atoms with van der Waals surface area (Å²) >= 11 is 13.4. The molecule has 0 amide bonds. The van der Waals surface area contributed by atoms with Crippen LogP contribution in [-0.2, 0) is 5.88 Å². The van der Waals surface area contributed by atoms with Crippen molar-refractivity contribution in [3.05, 3.63) is 10.0 Å². The second kappa shape index (κ2) is 5.11. The highest BCUT2D eigenvalue weighted by Crippen LogP contribution is 2.34. The van der Waals surface area contributed by atoms with Crippen LogP contribution in [0.25, 0.3) is 0 Å². The smallest absolute Gasteiger partial charge is 0.187 e. The van der Waals surface area contributed by atoms with Crippen LogP contribution in [0.1, 0.15) is 25.1 Å². The molecule has 5 heteroatoms. The third kappa shape index (κ3) is 2.47. The summed E-state index contributed by atoms with van der Waals surface area (Å²) < 4.78 is 0. The fourth-order valence-corrected chi connectivity index (χ4v) is 3.48. The third-order valence-corrected chi connectivity index (χ3v) is 5.33. The molecule has 0 spiro atoms. The summed E-state index contributed by atoms with van der Waals surface area (Å²) in [6, 6.07) is 0. The van der Waals surface area contributed by atoms with Gasteiger partial charge in [0.05, 0.1) is 10.8 Å². The fourth-order valence-electron chi connectivity index (χ4n) is 1.98. The molecular weight excluding hydrogens is 263 g/mol. The minimum Gasteiger partial charge on any atom is -0.348 e. The highest BCUT2D eigenvalue weighted by molar-refractivity contribution is 7.16. The van der Waals surface area contributed by atoms with Gasteiger partial charge in [-0.05, 0) is 18.3 Å². The number of halogens is 2. The van der Waals surface area contributed by atoms with Crippen LogP contribution in [0.3, 0.4) is 0 Å². The van der Waals surface area contributed by atoms with E-state index in [2.05, 4.69) is 23.7 Å². The molecule has 2 nitrogen and oxygen atoms in total. The molecule has 16 heavy (non-hydrogen) atoms. The van der Waals surface area contributed by atoms with Gasteiger partial charge in [0.1, 0.15) is 5.15 Å². The van der Waals surface area contributed by atoms with Gasteiger partial charge in [-0.15, -0.1) is 11.6 Å². The van der Waals surface area contributed by atoms with Gasteiger partial charge in [-0.3, -0.25) is 0 Å². The predicted molar refractivity (Wildman–Crippen MR) is 71.8 cm³/mol. The molecular formula is C11H16Cl2N2S. The second-order valence-electron chi connectivity index (χ2n) is 4.53. The van der Waals surface area contributed by atoms with E-state index in [0.29, 0.717) is 11.0 Å². The molecule has 0 radical (unpaired) electrons. The van der Waals surface area contributed by atoms with E-state index >= 15 is 0 Å². The van der Waals surface area contributed by atoms with Gasteiger partial charge in [0.15, 0.2) is 5.13 Å². The minimum absolute atomic E-state index is 0.455. The Hall–Kier alpha value is 0.01000. The van der Waals surface area contributed by atoms with Crippen LogP contribution in [-0.4, -0.2) is 18.1 Å². The van der Waals surface area contributed by atoms with Gasteiger partial charge in [0, 0.05) is 13.1 Å². The maximum absolute atomic E-state index is 6.02. The van der Waals surface area contributed by atoms with Crippen molar-refractivity contribution in [2.45, 2.75) is 26.1 Å². The Morgan fingerprint density at radius 3 is 2.75 bits per heavy atom. The molecule has 0 aromatic carbocycles. The highest BCUT2D eigenvalue weighted by atomic mass is 35.5. The van der Waals surface area contributed by atoms with Crippen molar-refractivity contribution in [2.24, 2.45) is 11.8 Å². The molecule has 0 bridgehead atoms. The van der Waals surface area contributed by atoms with Crippen LogP contribution < -0.4 is 4.90 Å². The Labute approximate surface area is 111 Å². The van der Waals surface area contributed by atoms with Crippen molar-refractivity contribution in [3.63, 3.8) is 0 Å². The van der Waals surface area contributed by atoms with Crippen molar-refractivity contribution in [1.29, 1.82) is 0 Å². The summed E-state index contributed by atoms with van der Waals surface area (Å²) in [4.78, 5) is 7.70. The van der Waals surface area contributed by atoms with Gasteiger partial charge >= 0.3 is 0 Å². The first-order valence-corrected chi connectivity index (χ1v) is 7.30. The van der Waals surface area contributed by atoms with Gasteiger partial charge < -0.3 is 4.90 Å². The molecule has 90 valence electrons. The zero-order valence-electron chi connectivity index (χ0n) is 9.54. The fraction of sp³-hybridized carbons (Fsp3) is 0.727. The number of hydrogen-bond acceptors (Lipinski definition) is 3. The van der Waals surface area contributed by atoms with Crippen molar-refractivity contribution >= 4 is 39.7 Å². The maximum atomic E-state index is 6.02. The lowest BCUT2D eigenvalue weighted by Gasteiger charge is -2.35. The first-order chi connectivity index (χ1) is 7.61. The van der Waals surface area contributed by atoms with Gasteiger partial charge in [0.25, 0.3) is 0 Å². The molecule has 1 aromatic rings. The van der Waals surface area contributed by atoms with Gasteiger partial charge in [-0.2, -0.15) is 0 Å². The second-order valence-corrected chi connectivity index (χ2v) is 6.22. The van der Waals surface area contributed by atoms with E-state index in [0.717, 1.165) is 34.9 Å². The number of piperidine rings is 1. The molecule has 1 aliphatic rings. The molecule has 2 unspecified atom stereocenters. The van der Waals surface area contributed by atoms with Crippen molar-refractivity contribution in [3.8, 4) is 0 Å². The van der Waals surface area contributed by atoms with E-state index in [9.17, 15) is 0 Å². The molecule has 1 fully saturated rings. The van der Waals surface area contributed by atoms with Crippen LogP contribution in [0.15, 0.2) is 0 Å². The Morgan fingerprint density at radius 2 is 2.19 bits per heavy atom. The molecule has 0 aliphatic carbocycles. The van der Waals surface area contributed by atoms with Gasteiger partial charge in [-0.1, -0.05) is 36.8 Å². The maximum Gasteiger partial charge on any atom is 0.187 e. The molecule has 1 aliphatic heterocycles. The molecule has 1 aromatic heterocycles. The summed E-state index contributed by atoms with van der Waals surface area (Å²) in [5, 5.41) is 1.60. The lowest BCUT2D eigenvalue weighted by atomic mass is 9.89. The van der Waals surface area contributed by atoms with Gasteiger partial charge in [-0.25, -0.2) is 4.98 Å². The molecule has 0 N–H and O–H groups in total. The first kappa shape index (κ1) is 12.5. The van der Waals surface area contributed by atoms with E-state index in [1.54, 1.807) is 11.3 Å². The average Bonchev–Trinajstić information content (AvgIpc) is 2.64. The summed E-state index contributed by atoms with van der Waals surface area (Å²) in [6.07, 6.45) is 1.23. The normalized spacial score (nSPS) is 26.1. The quantitative estimate of drug-likeness (QED) is 0.760. The zero-order chi connectivity index (χ0) is 11.7. The number of hydrogen-bond donors (Lipinski definition) is 0. The summed E-state index contributed by atoms with van der Waals surface area (Å²) in [7, 11) is 0. The van der Waals surface area contributed by atoms with Crippen molar-refractivity contribution in [1.82, 2.24) is 4.98 Å². The first-order valence-electron chi connectivity index (χ1n) is 5.58. The third-order valence-electron chi connectivity index (χ3n) is 3.36. The number of alkyl halides is 1. The Bertz CT molecular complexity index is 367. The molecule has 1 saturated heterocycles. The van der Waals surface area contributed by atoms with E-state index in [1.807, 2.05) is 0 Å². The number of anilines is 1. The Balaban J connectivity index is 2.12. The average molecular weight is 279 g/mol. The number of nitrogens with zero attached hydrogens (tertiary/aromatic N) is 2. The highest BCUT2D eigenvalue weighted by Gasteiger charge is 2.25. The predicted octanol–water partition coefficient (Wildman–Crippen LogP) is 4.02. The Kier molecular flexibility index (Phi) is 3.98. The SMILES string of the molecule is CC1CCN(c2nc(Cl)c(CCl)s2)CC1C. The lowest BCUT2D eigenvalue weighted by molar-refractivity contribution is 0.324. The summed E-state index contributed by atoms with van der Waals surface area (Å²) in [6.45, 7) is 6.78. The minimum atomic E-state index is 0.455. The molecule has 2 heterocycles.